The van der Waals surface area contributed by atoms with Gasteiger partial charge in [-0.25, -0.2) is 0 Å². The van der Waals surface area contributed by atoms with Gasteiger partial charge >= 0.3 is 17.9 Å². The van der Waals surface area contributed by atoms with Crippen LogP contribution >= 0.6 is 0 Å². The minimum atomic E-state index is -0.796. The normalized spacial score (nSPS) is 12.7. The predicted molar refractivity (Wildman–Crippen MR) is 293 cm³/mol. The molecule has 0 aliphatic heterocycles. The molecule has 6 nitrogen and oxygen atoms in total. The number of carbonyl (C=O) groups excluding carboxylic acids is 3. The van der Waals surface area contributed by atoms with E-state index in [-0.39, 0.29) is 31.1 Å². The predicted octanol–water partition coefficient (Wildman–Crippen LogP) is 19.2. The van der Waals surface area contributed by atoms with Crippen molar-refractivity contribution in [2.24, 2.45) is 0 Å². The first-order valence-corrected chi connectivity index (χ1v) is 28.6. The van der Waals surface area contributed by atoms with E-state index in [1.165, 1.54) is 128 Å². The monoisotopic (exact) mass is 947 g/mol. The smallest absolute Gasteiger partial charge is 0.306 e. The Hall–Kier alpha value is -3.41. The Kier molecular flexibility index (Phi) is 53.4. The van der Waals surface area contributed by atoms with Crippen molar-refractivity contribution in [1.82, 2.24) is 0 Å². The maximum absolute atomic E-state index is 12.9. The molecule has 0 radical (unpaired) electrons. The maximum atomic E-state index is 12.9. The Morgan fingerprint density at radius 3 is 0.956 bits per heavy atom. The summed E-state index contributed by atoms with van der Waals surface area (Å²) in [5.74, 6) is -0.935. The first kappa shape index (κ1) is 64.6. The van der Waals surface area contributed by atoms with Crippen LogP contribution in [-0.4, -0.2) is 37.2 Å². The van der Waals surface area contributed by atoms with Crippen LogP contribution in [-0.2, 0) is 28.6 Å². The van der Waals surface area contributed by atoms with Gasteiger partial charge in [0.25, 0.3) is 0 Å². The van der Waals surface area contributed by atoms with Crippen LogP contribution in [0.5, 0.6) is 0 Å². The summed E-state index contributed by atoms with van der Waals surface area (Å²) in [4.78, 5) is 38.1. The Balaban J connectivity index is 4.43. The highest BCUT2D eigenvalue weighted by Gasteiger charge is 2.19. The van der Waals surface area contributed by atoms with E-state index in [9.17, 15) is 14.4 Å². The molecule has 68 heavy (non-hydrogen) atoms. The molecule has 390 valence electrons. The van der Waals surface area contributed by atoms with E-state index in [0.29, 0.717) is 19.3 Å². The first-order valence-electron chi connectivity index (χ1n) is 28.6. The van der Waals surface area contributed by atoms with Gasteiger partial charge < -0.3 is 14.2 Å². The summed E-state index contributed by atoms with van der Waals surface area (Å²) in [6, 6.07) is 0. The van der Waals surface area contributed by atoms with Gasteiger partial charge in [0.1, 0.15) is 13.2 Å². The molecule has 0 aromatic heterocycles. The van der Waals surface area contributed by atoms with Crippen molar-refractivity contribution < 1.29 is 28.6 Å². The van der Waals surface area contributed by atoms with Crippen molar-refractivity contribution in [3.63, 3.8) is 0 Å². The SMILES string of the molecule is CC/C=C\C/C=C\C/C=C\C/C=C\C/C=C\CCCCCC(=O)OCC(COC(=O)CCCCCCC/C=C\CCCCC)OC(=O)CCCCCCCCC/C=C\CCCCCCCCCC. The van der Waals surface area contributed by atoms with E-state index in [2.05, 4.69) is 106 Å². The molecule has 0 aliphatic rings. The van der Waals surface area contributed by atoms with Crippen molar-refractivity contribution >= 4 is 17.9 Å². The second-order valence-corrected chi connectivity index (χ2v) is 18.8. The summed E-state index contributed by atoms with van der Waals surface area (Å²) >= 11 is 0. The number of hydrogen-bond donors (Lipinski definition) is 0. The van der Waals surface area contributed by atoms with Crippen LogP contribution in [0.4, 0.5) is 0 Å². The topological polar surface area (TPSA) is 78.9 Å². The molecule has 0 aliphatic carbocycles. The molecule has 0 bridgehead atoms. The third-order valence-corrected chi connectivity index (χ3v) is 12.1. The van der Waals surface area contributed by atoms with Crippen molar-refractivity contribution in [3.8, 4) is 0 Å². The number of ether oxygens (including phenoxy) is 3. The molecule has 1 unspecified atom stereocenters. The molecule has 0 amide bonds. The fraction of sp³-hybridized carbons (Fsp3) is 0.726. The molecule has 0 rings (SSSR count). The van der Waals surface area contributed by atoms with Crippen LogP contribution in [0, 0.1) is 0 Å². The molecule has 0 aromatic rings. The third-order valence-electron chi connectivity index (χ3n) is 12.1. The third kappa shape index (κ3) is 53.5. The average molecular weight is 948 g/mol. The number of esters is 3. The van der Waals surface area contributed by atoms with E-state index < -0.39 is 6.10 Å². The molecule has 0 spiro atoms. The van der Waals surface area contributed by atoms with Gasteiger partial charge in [-0.2, -0.15) is 0 Å². The lowest BCUT2D eigenvalue weighted by Gasteiger charge is -2.18. The summed E-state index contributed by atoms with van der Waals surface area (Å²) in [6.07, 6.45) is 72.9. The summed E-state index contributed by atoms with van der Waals surface area (Å²) < 4.78 is 16.8. The van der Waals surface area contributed by atoms with E-state index in [0.717, 1.165) is 103 Å². The number of carbonyl (C=O) groups is 3. The van der Waals surface area contributed by atoms with Gasteiger partial charge in [-0.3, -0.25) is 14.4 Å². The molecule has 0 fully saturated rings. The minimum Gasteiger partial charge on any atom is -0.462 e. The standard InChI is InChI=1S/C62H106O6/c1-4-7-10-13-16-19-22-25-27-29-31-33-35-37-40-43-46-49-52-55-61(64)67-58-59(57-66-60(63)54-51-48-45-42-39-24-21-18-15-12-9-6-3)68-62(65)56-53-50-47-44-41-38-36-34-32-30-28-26-23-20-17-14-11-8-5-2/h7,10,16,18-19,21,25,27,30-33,37,40,59H,4-6,8-9,11-15,17,20,22-24,26,28-29,34-36,38-39,41-58H2,1-3H3/b10-7-,19-16-,21-18-,27-25-,32-30-,33-31-,40-37-. The molecule has 0 saturated carbocycles. The lowest BCUT2D eigenvalue weighted by Crippen LogP contribution is -2.30. The van der Waals surface area contributed by atoms with E-state index in [1.807, 2.05) is 0 Å². The second-order valence-electron chi connectivity index (χ2n) is 18.8. The summed E-state index contributed by atoms with van der Waals surface area (Å²) in [5, 5.41) is 0. The molecule has 0 aromatic carbocycles. The zero-order valence-corrected chi connectivity index (χ0v) is 44.6. The zero-order valence-electron chi connectivity index (χ0n) is 44.6. The number of unbranched alkanes of at least 4 members (excludes halogenated alkanes) is 26. The van der Waals surface area contributed by atoms with E-state index in [4.69, 9.17) is 14.2 Å². The maximum Gasteiger partial charge on any atom is 0.306 e. The van der Waals surface area contributed by atoms with Gasteiger partial charge in [-0.15, -0.1) is 0 Å². The molecule has 0 heterocycles. The van der Waals surface area contributed by atoms with Crippen LogP contribution < -0.4 is 0 Å². The van der Waals surface area contributed by atoms with Gasteiger partial charge in [0.2, 0.25) is 0 Å². The highest BCUT2D eigenvalue weighted by atomic mass is 16.6. The van der Waals surface area contributed by atoms with Crippen LogP contribution in [0.1, 0.15) is 271 Å². The minimum absolute atomic E-state index is 0.0932. The van der Waals surface area contributed by atoms with Gasteiger partial charge in [-0.05, 0) is 116 Å². The lowest BCUT2D eigenvalue weighted by molar-refractivity contribution is -0.167. The van der Waals surface area contributed by atoms with Gasteiger partial charge in [0.15, 0.2) is 6.10 Å². The van der Waals surface area contributed by atoms with Crippen molar-refractivity contribution in [1.29, 1.82) is 0 Å². The van der Waals surface area contributed by atoms with Crippen molar-refractivity contribution in [3.05, 3.63) is 85.1 Å². The summed E-state index contributed by atoms with van der Waals surface area (Å²) in [6.45, 7) is 6.47. The van der Waals surface area contributed by atoms with Crippen LogP contribution in [0.25, 0.3) is 0 Å². The lowest BCUT2D eigenvalue weighted by atomic mass is 10.1. The molecule has 6 heteroatoms. The van der Waals surface area contributed by atoms with Crippen LogP contribution in [0.3, 0.4) is 0 Å². The van der Waals surface area contributed by atoms with Crippen molar-refractivity contribution in [2.75, 3.05) is 13.2 Å². The molecule has 0 saturated heterocycles. The van der Waals surface area contributed by atoms with Gasteiger partial charge in [0.05, 0.1) is 0 Å². The Morgan fingerprint density at radius 1 is 0.309 bits per heavy atom. The summed E-state index contributed by atoms with van der Waals surface area (Å²) in [7, 11) is 0. The van der Waals surface area contributed by atoms with Gasteiger partial charge in [0, 0.05) is 19.3 Å². The van der Waals surface area contributed by atoms with Crippen molar-refractivity contribution in [2.45, 2.75) is 277 Å². The largest absolute Gasteiger partial charge is 0.462 e. The number of rotatable bonds is 51. The fourth-order valence-electron chi connectivity index (χ4n) is 7.81. The Bertz CT molecular complexity index is 1320. The first-order chi connectivity index (χ1) is 33.5. The molecular formula is C62H106O6. The molecule has 1 atom stereocenters. The highest BCUT2D eigenvalue weighted by molar-refractivity contribution is 5.71. The van der Waals surface area contributed by atoms with E-state index in [1.54, 1.807) is 0 Å². The van der Waals surface area contributed by atoms with Crippen LogP contribution in [0.2, 0.25) is 0 Å². The quantitative estimate of drug-likeness (QED) is 0.0262. The highest BCUT2D eigenvalue weighted by Crippen LogP contribution is 2.14. The average Bonchev–Trinajstić information content (AvgIpc) is 3.34. The Morgan fingerprint density at radius 2 is 0.574 bits per heavy atom. The Labute approximate surface area is 420 Å². The van der Waals surface area contributed by atoms with Crippen LogP contribution in [0.15, 0.2) is 85.1 Å². The van der Waals surface area contributed by atoms with E-state index >= 15 is 0 Å². The number of hydrogen-bond acceptors (Lipinski definition) is 6. The van der Waals surface area contributed by atoms with Gasteiger partial charge in [-0.1, -0.05) is 221 Å². The molecule has 0 N–H and O–H groups in total. The molecular weight excluding hydrogens is 841 g/mol. The fourth-order valence-corrected chi connectivity index (χ4v) is 7.81. The zero-order chi connectivity index (χ0) is 49.3. The number of allylic oxidation sites excluding steroid dienone is 14. The summed E-state index contributed by atoms with van der Waals surface area (Å²) in [5.41, 5.74) is 0. The second kappa shape index (κ2) is 56.2.